The third-order valence-electron chi connectivity index (χ3n) is 26.5. The fourth-order valence-corrected chi connectivity index (χ4v) is 26.8. The lowest BCUT2D eigenvalue weighted by Crippen LogP contribution is -2.50. The molecule has 0 aromatic heterocycles. The van der Waals surface area contributed by atoms with Crippen molar-refractivity contribution in [3.63, 3.8) is 0 Å². The molecule has 0 radical (unpaired) electrons. The standard InChI is InChI=1S/C29H28F5N3O3S.C25H30F3N3O4S.C24H27ClF3N3O4S.C24H24F4N4O3S/c30-21-4-8-23(9-5-21)36(24-10-6-22(31)7-11-24)28(38)19-35-16-14-26(15-17-35)37(25-12-13-25)41(39,40)27-3-1-2-20(18-27)29(32,33)34;1-17-6-9-23(35-2)22(14-17)29-24(32)16-30-12-10-20(11-13-30)31(19-7-8-19)36(33,34)21-5-3-4-18(15-21)25(26,27)28;1-35-22-8-5-17(25)14-21(22)29-23(32)15-30-11-9-19(10-12-30)31(18-6-7-18)36(33,34)20-4-2-3-16(13-20)24(26,27)28;25-18-10-16(14-29)11-19(13-18)30-23(33)15-31-8-6-21(7-9-31)32(20-4-5-20)36(34,35)22-3-1-2-17(12-22)24(26,27)28/h1-11,18,25-26H,12-17,19H2;3-6,9,14-15,19-20H,7-8,10-13,16H2,1-2H3,(H,29,32);2-5,8,13-14,18-19H,6-7,9-12,15H2,1H3,(H,29,32);1-3,10-13,20-21H,4-9,15H2,(H,30,33). The number of nitrogens with one attached hydrogen (secondary N) is 3. The molecular weight excluding hydrogens is 2080 g/mol. The number of sulfonamides is 4. The smallest absolute Gasteiger partial charge is 0.416 e. The molecule has 3 N–H and O–H groups in total. The van der Waals surface area contributed by atoms with Gasteiger partial charge in [-0.2, -0.15) is 75.2 Å². The van der Waals surface area contributed by atoms with E-state index in [1.807, 2.05) is 44.7 Å². The van der Waals surface area contributed by atoms with Crippen LogP contribution in [0.5, 0.6) is 11.5 Å². The van der Waals surface area contributed by atoms with Gasteiger partial charge >= 0.3 is 24.7 Å². The molecule has 4 amide bonds. The number of hydrogen-bond acceptors (Lipinski definition) is 19. The first-order chi connectivity index (χ1) is 70.4. The quantitative estimate of drug-likeness (QED) is 0.0340. The lowest BCUT2D eigenvalue weighted by atomic mass is 10.0. The predicted molar refractivity (Wildman–Crippen MR) is 524 cm³/mol. The molecule has 0 spiro atoms. The van der Waals surface area contributed by atoms with Crippen molar-refractivity contribution in [3.05, 3.63) is 256 Å². The highest BCUT2D eigenvalue weighted by atomic mass is 35.5. The summed E-state index contributed by atoms with van der Waals surface area (Å²) < 4.78 is 322. The maximum atomic E-state index is 13.6. The first kappa shape index (κ1) is 113. The number of likely N-dealkylation sites (tertiary alicyclic amines) is 4. The van der Waals surface area contributed by atoms with E-state index < -0.39 is 122 Å². The van der Waals surface area contributed by atoms with Crippen LogP contribution in [0.1, 0.15) is 136 Å². The van der Waals surface area contributed by atoms with Gasteiger partial charge in [0.2, 0.25) is 63.7 Å². The number of carbonyl (C=O) groups is 4. The van der Waals surface area contributed by atoms with Gasteiger partial charge in [-0.05, 0) is 285 Å². The van der Waals surface area contributed by atoms with Crippen LogP contribution in [0.3, 0.4) is 0 Å². The largest absolute Gasteiger partial charge is 0.495 e. The monoisotopic (exact) mass is 2190 g/mol. The summed E-state index contributed by atoms with van der Waals surface area (Å²) in [6, 6.07) is 39.5. The summed E-state index contributed by atoms with van der Waals surface area (Å²) in [4.78, 5) is 58.7. The number of nitriles is 1. The molecule has 0 atom stereocenters. The number of amides is 4. The summed E-state index contributed by atoms with van der Waals surface area (Å²) in [7, 11) is -13.5. The highest BCUT2D eigenvalue weighted by Crippen LogP contribution is 2.46. The minimum atomic E-state index is -4.66. The van der Waals surface area contributed by atoms with Crippen molar-refractivity contribution in [2.75, 3.05) is 114 Å². The number of halogens is 16. The predicted octanol–water partition coefficient (Wildman–Crippen LogP) is 18.8. The Morgan fingerprint density at radius 2 is 0.638 bits per heavy atom. The molecule has 17 rings (SSSR count). The van der Waals surface area contributed by atoms with Crippen molar-refractivity contribution in [2.45, 2.75) is 202 Å². The number of nitrogens with zero attached hydrogens (tertiary/aromatic N) is 10. The van der Waals surface area contributed by atoms with E-state index in [2.05, 4.69) is 16.0 Å². The number of piperidine rings is 4. The molecule has 4 saturated heterocycles. The van der Waals surface area contributed by atoms with Crippen molar-refractivity contribution in [1.82, 2.24) is 36.8 Å². The zero-order chi connectivity index (χ0) is 108. The Labute approximate surface area is 858 Å². The number of methoxy groups -OCH3 is 2. The van der Waals surface area contributed by atoms with E-state index in [4.69, 9.17) is 26.3 Å². The SMILES string of the molecule is COc1ccc(C)cc1NC(=O)CN1CCC(N(C2CC2)S(=O)(=O)c2cccc(C(F)(F)F)c2)CC1.COc1ccc(Cl)cc1NC(=O)CN1CCC(N(C2CC2)S(=O)(=O)c2cccc(C(F)(F)F)c2)CC1.N#Cc1cc(F)cc(NC(=O)CN2CCC(N(C3CC3)S(=O)(=O)c3cccc(C(F)(F)F)c3)CC2)c1.O=C(CN1CCC(N(C2CC2)S(=O)(=O)c2cccc(C(F)(F)F)c2)CC1)N(c1ccc(F)cc1)c1ccc(F)cc1. The molecule has 47 heteroatoms. The normalized spacial score (nSPS) is 17.6. The highest BCUT2D eigenvalue weighted by Gasteiger charge is 2.50. The van der Waals surface area contributed by atoms with Crippen molar-refractivity contribution in [1.29, 1.82) is 5.26 Å². The number of hydrogen-bond donors (Lipinski definition) is 3. The van der Waals surface area contributed by atoms with Crippen LogP contribution in [-0.4, -0.2) is 235 Å². The first-order valence-corrected chi connectivity index (χ1v) is 54.2. The molecule has 9 aromatic carbocycles. The number of ether oxygens (including phenoxy) is 2. The Bertz CT molecular complexity index is 6560. The molecule has 8 fully saturated rings. The Morgan fingerprint density at radius 3 is 0.926 bits per heavy atom. The first-order valence-electron chi connectivity index (χ1n) is 48.0. The van der Waals surface area contributed by atoms with Crippen molar-refractivity contribution in [2.24, 2.45) is 0 Å². The summed E-state index contributed by atoms with van der Waals surface area (Å²) in [6.07, 6.45) is -9.65. The van der Waals surface area contributed by atoms with E-state index >= 15 is 0 Å². The molecule has 0 bridgehead atoms. The van der Waals surface area contributed by atoms with Crippen molar-refractivity contribution in [3.8, 4) is 17.6 Å². The van der Waals surface area contributed by atoms with Gasteiger partial charge in [0.05, 0.1) is 105 Å². The maximum absolute atomic E-state index is 13.6. The van der Waals surface area contributed by atoms with Gasteiger partial charge in [-0.3, -0.25) is 43.7 Å². The number of alkyl halides is 12. The van der Waals surface area contributed by atoms with E-state index in [-0.39, 0.29) is 111 Å². The molecule has 4 saturated carbocycles. The molecule has 0 unspecified atom stereocenters. The third kappa shape index (κ3) is 29.7. The molecule has 8 aliphatic rings. The minimum Gasteiger partial charge on any atom is -0.495 e. The molecule has 9 aromatic rings. The zero-order valence-corrected chi connectivity index (χ0v) is 84.9. The van der Waals surface area contributed by atoms with Crippen LogP contribution in [0, 0.1) is 35.7 Å². The van der Waals surface area contributed by atoms with Gasteiger partial charge in [0.15, 0.2) is 0 Å². The van der Waals surface area contributed by atoms with Crippen LogP contribution >= 0.6 is 11.6 Å². The molecule has 4 aliphatic heterocycles. The second-order valence-corrected chi connectivity index (χ2v) is 45.4. The highest BCUT2D eigenvalue weighted by molar-refractivity contribution is 7.90. The van der Waals surface area contributed by atoms with Gasteiger partial charge in [0.1, 0.15) is 29.0 Å². The second-order valence-electron chi connectivity index (χ2n) is 37.6. The van der Waals surface area contributed by atoms with Crippen LogP contribution in [0.15, 0.2) is 220 Å². The van der Waals surface area contributed by atoms with Crippen LogP contribution < -0.4 is 30.3 Å². The molecule has 27 nitrogen and oxygen atoms in total. The van der Waals surface area contributed by atoms with E-state index in [0.29, 0.717) is 219 Å². The van der Waals surface area contributed by atoms with Crippen molar-refractivity contribution < 1.29 is 128 Å². The van der Waals surface area contributed by atoms with Crippen LogP contribution in [0.4, 0.5) is 94.3 Å². The fourth-order valence-electron chi connectivity index (χ4n) is 18.7. The number of carbonyl (C=O) groups excluding carboxylic acids is 4. The topological polar surface area (TPSA) is 312 Å². The number of aryl methyl sites for hydroxylation is 1. The van der Waals surface area contributed by atoms with Gasteiger partial charge in [-0.25, -0.2) is 46.8 Å². The van der Waals surface area contributed by atoms with Crippen LogP contribution in [0.25, 0.3) is 0 Å². The summed E-state index contributed by atoms with van der Waals surface area (Å²) in [6.45, 7) is 5.70. The van der Waals surface area contributed by atoms with E-state index in [9.17, 15) is 119 Å². The summed E-state index contributed by atoms with van der Waals surface area (Å²) >= 11 is 6.01. The molecule has 802 valence electrons. The van der Waals surface area contributed by atoms with Gasteiger partial charge in [0.25, 0.3) is 0 Å². The summed E-state index contributed by atoms with van der Waals surface area (Å²) in [5, 5.41) is 17.6. The van der Waals surface area contributed by atoms with Crippen LogP contribution in [-0.2, 0) is 84.0 Å². The fraction of sp³-hybridized carbons (Fsp3) is 0.422. The maximum Gasteiger partial charge on any atom is 0.416 e. The number of anilines is 5. The zero-order valence-electron chi connectivity index (χ0n) is 80.8. The van der Waals surface area contributed by atoms with Gasteiger partial charge in [-0.1, -0.05) is 41.9 Å². The Morgan fingerprint density at radius 1 is 0.356 bits per heavy atom. The van der Waals surface area contributed by atoms with E-state index in [0.717, 1.165) is 66.2 Å². The molecule has 4 aliphatic carbocycles. The van der Waals surface area contributed by atoms with Gasteiger partial charge in [-0.15, -0.1) is 0 Å². The molecule has 149 heavy (non-hydrogen) atoms. The van der Waals surface area contributed by atoms with Gasteiger partial charge in [0, 0.05) is 123 Å². The molecule has 4 heterocycles. The lowest BCUT2D eigenvalue weighted by molar-refractivity contribution is -0.138. The Hall–Kier alpha value is -11.3. The summed E-state index contributed by atoms with van der Waals surface area (Å²) in [5.74, 6) is -1.75. The average Bonchev–Trinajstić information content (AvgIpc) is 1.67. The Balaban J connectivity index is 0.000000157. The van der Waals surface area contributed by atoms with E-state index in [1.54, 1.807) is 24.3 Å². The second kappa shape index (κ2) is 47.7. The van der Waals surface area contributed by atoms with E-state index in [1.165, 1.54) is 115 Å². The number of benzene rings is 9. The Kier molecular flexibility index (Phi) is 36.3. The lowest BCUT2D eigenvalue weighted by Gasteiger charge is -2.38. The number of rotatable bonds is 31. The van der Waals surface area contributed by atoms with Crippen molar-refractivity contribution >= 4 is 104 Å². The van der Waals surface area contributed by atoms with Crippen LogP contribution in [0.2, 0.25) is 5.02 Å². The van der Waals surface area contributed by atoms with Gasteiger partial charge < -0.3 is 25.4 Å². The molecular formula is C102H109ClF15N13O14S4. The minimum absolute atomic E-state index is 0.00503. The third-order valence-corrected chi connectivity index (χ3v) is 34.7. The summed E-state index contributed by atoms with van der Waals surface area (Å²) in [5.41, 5.74) is -0.922. The average molecular weight is 2190 g/mol.